The highest BCUT2D eigenvalue weighted by Gasteiger charge is 2.19. The zero-order chi connectivity index (χ0) is 10.3. The highest BCUT2D eigenvalue weighted by Crippen LogP contribution is 2.15. The lowest BCUT2D eigenvalue weighted by atomic mass is 9.92. The summed E-state index contributed by atoms with van der Waals surface area (Å²) in [7, 11) is 3.33. The molecule has 3 heteroatoms. The molecule has 1 atom stereocenters. The Kier molecular flexibility index (Phi) is 6.59. The molecule has 78 valence electrons. The van der Waals surface area contributed by atoms with Crippen molar-refractivity contribution in [3.8, 4) is 0 Å². The van der Waals surface area contributed by atoms with Gasteiger partial charge in [-0.15, -0.1) is 0 Å². The molecule has 0 bridgehead atoms. The van der Waals surface area contributed by atoms with Gasteiger partial charge in [-0.25, -0.2) is 0 Å². The number of rotatable bonds is 6. The standard InChI is InChI=1S/C10H21NO2/c1-5-8(6-2)9(11-3)7-10(12)13-4/h8-9,11H,5-7H2,1-4H3. The van der Waals surface area contributed by atoms with Gasteiger partial charge in [0.25, 0.3) is 0 Å². The second-order valence-corrected chi connectivity index (χ2v) is 3.25. The minimum Gasteiger partial charge on any atom is -0.469 e. The van der Waals surface area contributed by atoms with Gasteiger partial charge in [0.2, 0.25) is 0 Å². The summed E-state index contributed by atoms with van der Waals surface area (Å²) in [6, 6.07) is 0.252. The van der Waals surface area contributed by atoms with Crippen LogP contribution in [0.4, 0.5) is 0 Å². The second-order valence-electron chi connectivity index (χ2n) is 3.25. The predicted octanol–water partition coefficient (Wildman–Crippen LogP) is 1.57. The summed E-state index contributed by atoms with van der Waals surface area (Å²) >= 11 is 0. The van der Waals surface area contributed by atoms with E-state index in [0.717, 1.165) is 12.8 Å². The fourth-order valence-corrected chi connectivity index (χ4v) is 1.63. The zero-order valence-corrected chi connectivity index (χ0v) is 9.09. The first kappa shape index (κ1) is 12.4. The molecule has 0 saturated heterocycles. The van der Waals surface area contributed by atoms with Crippen LogP contribution in [0.2, 0.25) is 0 Å². The molecule has 0 spiro atoms. The van der Waals surface area contributed by atoms with Crippen molar-refractivity contribution in [3.63, 3.8) is 0 Å². The lowest BCUT2D eigenvalue weighted by molar-refractivity contribution is -0.141. The van der Waals surface area contributed by atoms with E-state index in [1.165, 1.54) is 7.11 Å². The van der Waals surface area contributed by atoms with Crippen LogP contribution in [-0.4, -0.2) is 26.2 Å². The Labute approximate surface area is 80.8 Å². The van der Waals surface area contributed by atoms with Crippen LogP contribution in [0.1, 0.15) is 33.1 Å². The van der Waals surface area contributed by atoms with Gasteiger partial charge >= 0.3 is 5.97 Å². The Hall–Kier alpha value is -0.570. The number of carbonyl (C=O) groups is 1. The van der Waals surface area contributed by atoms with Crippen LogP contribution < -0.4 is 5.32 Å². The molecule has 0 aliphatic carbocycles. The monoisotopic (exact) mass is 187 g/mol. The predicted molar refractivity (Wildman–Crippen MR) is 53.6 cm³/mol. The minimum atomic E-state index is -0.133. The van der Waals surface area contributed by atoms with Crippen LogP contribution in [0.25, 0.3) is 0 Å². The largest absolute Gasteiger partial charge is 0.469 e. The van der Waals surface area contributed by atoms with E-state index >= 15 is 0 Å². The Morgan fingerprint density at radius 2 is 1.92 bits per heavy atom. The first-order chi connectivity index (χ1) is 6.19. The van der Waals surface area contributed by atoms with Gasteiger partial charge in [-0.1, -0.05) is 26.7 Å². The van der Waals surface area contributed by atoms with Crippen molar-refractivity contribution in [1.29, 1.82) is 0 Å². The maximum absolute atomic E-state index is 11.1. The molecule has 0 aromatic heterocycles. The molecular formula is C10H21NO2. The highest BCUT2D eigenvalue weighted by atomic mass is 16.5. The molecule has 0 heterocycles. The van der Waals surface area contributed by atoms with Crippen LogP contribution >= 0.6 is 0 Å². The Balaban J connectivity index is 4.06. The Morgan fingerprint density at radius 3 is 2.23 bits per heavy atom. The molecule has 13 heavy (non-hydrogen) atoms. The molecule has 0 saturated carbocycles. The summed E-state index contributed by atoms with van der Waals surface area (Å²) in [6.45, 7) is 4.30. The number of hydrogen-bond acceptors (Lipinski definition) is 3. The van der Waals surface area contributed by atoms with Crippen LogP contribution in [0.3, 0.4) is 0 Å². The van der Waals surface area contributed by atoms with Gasteiger partial charge in [-0.05, 0) is 13.0 Å². The zero-order valence-electron chi connectivity index (χ0n) is 9.09. The molecule has 0 amide bonds. The van der Waals surface area contributed by atoms with Gasteiger partial charge in [0.15, 0.2) is 0 Å². The van der Waals surface area contributed by atoms with Crippen molar-refractivity contribution in [2.45, 2.75) is 39.2 Å². The smallest absolute Gasteiger partial charge is 0.307 e. The number of esters is 1. The van der Waals surface area contributed by atoms with Gasteiger partial charge in [0.1, 0.15) is 0 Å². The average Bonchev–Trinajstić information content (AvgIpc) is 2.17. The number of nitrogens with one attached hydrogen (secondary N) is 1. The maximum Gasteiger partial charge on any atom is 0.307 e. The van der Waals surface area contributed by atoms with Crippen molar-refractivity contribution in [1.82, 2.24) is 5.32 Å². The van der Waals surface area contributed by atoms with Gasteiger partial charge in [-0.2, -0.15) is 0 Å². The summed E-state index contributed by atoms with van der Waals surface area (Å²) in [5.74, 6) is 0.426. The lowest BCUT2D eigenvalue weighted by Gasteiger charge is -2.23. The molecule has 0 aromatic carbocycles. The third-order valence-electron chi connectivity index (χ3n) is 2.60. The summed E-state index contributed by atoms with van der Waals surface area (Å²) < 4.78 is 4.64. The molecule has 0 fully saturated rings. The molecule has 0 rings (SSSR count). The average molecular weight is 187 g/mol. The fourth-order valence-electron chi connectivity index (χ4n) is 1.63. The van der Waals surface area contributed by atoms with Crippen LogP contribution in [0.5, 0.6) is 0 Å². The molecule has 0 aliphatic heterocycles. The van der Waals surface area contributed by atoms with Crippen molar-refractivity contribution in [2.75, 3.05) is 14.2 Å². The molecule has 3 nitrogen and oxygen atoms in total. The maximum atomic E-state index is 11.1. The number of methoxy groups -OCH3 is 1. The van der Waals surface area contributed by atoms with Gasteiger partial charge in [0.05, 0.1) is 13.5 Å². The summed E-state index contributed by atoms with van der Waals surface area (Å²) in [6.07, 6.45) is 2.66. The minimum absolute atomic E-state index is 0.133. The molecule has 0 aromatic rings. The second kappa shape index (κ2) is 6.89. The van der Waals surface area contributed by atoms with E-state index in [2.05, 4.69) is 23.9 Å². The number of ether oxygens (including phenoxy) is 1. The molecule has 1 N–H and O–H groups in total. The Morgan fingerprint density at radius 1 is 1.38 bits per heavy atom. The van der Waals surface area contributed by atoms with E-state index in [0.29, 0.717) is 12.3 Å². The van der Waals surface area contributed by atoms with Crippen LogP contribution in [0, 0.1) is 5.92 Å². The SMILES string of the molecule is CCC(CC)C(CC(=O)OC)NC. The first-order valence-electron chi connectivity index (χ1n) is 4.93. The summed E-state index contributed by atoms with van der Waals surface area (Å²) in [5, 5.41) is 3.17. The topological polar surface area (TPSA) is 38.3 Å². The summed E-state index contributed by atoms with van der Waals surface area (Å²) in [4.78, 5) is 11.1. The van der Waals surface area contributed by atoms with Crippen molar-refractivity contribution >= 4 is 5.97 Å². The van der Waals surface area contributed by atoms with E-state index in [1.54, 1.807) is 0 Å². The highest BCUT2D eigenvalue weighted by molar-refractivity contribution is 5.69. The van der Waals surface area contributed by atoms with Crippen LogP contribution in [-0.2, 0) is 9.53 Å². The van der Waals surface area contributed by atoms with Gasteiger partial charge in [0, 0.05) is 6.04 Å². The van der Waals surface area contributed by atoms with E-state index in [-0.39, 0.29) is 12.0 Å². The molecular weight excluding hydrogens is 166 g/mol. The van der Waals surface area contributed by atoms with Crippen LogP contribution in [0.15, 0.2) is 0 Å². The number of carbonyl (C=O) groups excluding carboxylic acids is 1. The molecule has 1 unspecified atom stereocenters. The lowest BCUT2D eigenvalue weighted by Crippen LogP contribution is -2.35. The van der Waals surface area contributed by atoms with Crippen molar-refractivity contribution in [2.24, 2.45) is 5.92 Å². The van der Waals surface area contributed by atoms with Gasteiger partial charge in [-0.3, -0.25) is 4.79 Å². The van der Waals surface area contributed by atoms with Gasteiger partial charge < -0.3 is 10.1 Å². The quantitative estimate of drug-likeness (QED) is 0.641. The van der Waals surface area contributed by atoms with E-state index in [4.69, 9.17) is 0 Å². The third kappa shape index (κ3) is 4.27. The first-order valence-corrected chi connectivity index (χ1v) is 4.93. The summed E-state index contributed by atoms with van der Waals surface area (Å²) in [5.41, 5.74) is 0. The fraction of sp³-hybridized carbons (Fsp3) is 0.900. The van der Waals surface area contributed by atoms with Crippen molar-refractivity contribution < 1.29 is 9.53 Å². The van der Waals surface area contributed by atoms with Crippen molar-refractivity contribution in [3.05, 3.63) is 0 Å². The molecule has 0 aliphatic rings. The van der Waals surface area contributed by atoms with E-state index in [1.807, 2.05) is 7.05 Å². The Bertz CT molecular complexity index is 144. The van der Waals surface area contributed by atoms with E-state index < -0.39 is 0 Å². The number of hydrogen-bond donors (Lipinski definition) is 1. The third-order valence-corrected chi connectivity index (χ3v) is 2.60. The molecule has 0 radical (unpaired) electrons. The normalized spacial score (nSPS) is 13.0. The van der Waals surface area contributed by atoms with E-state index in [9.17, 15) is 4.79 Å².